The molecule has 1 aliphatic heterocycles. The van der Waals surface area contributed by atoms with Gasteiger partial charge in [0, 0.05) is 17.0 Å². The summed E-state index contributed by atoms with van der Waals surface area (Å²) in [6, 6.07) is 4.45. The highest BCUT2D eigenvalue weighted by atomic mass is 19.2. The van der Waals surface area contributed by atoms with Crippen molar-refractivity contribution in [3.63, 3.8) is 0 Å². The maximum Gasteiger partial charge on any atom is 0.335 e. The van der Waals surface area contributed by atoms with E-state index < -0.39 is 92.0 Å². The number of ether oxygens (including phenoxy) is 1. The number of phenols is 2. The van der Waals surface area contributed by atoms with E-state index >= 15 is 0 Å². The lowest BCUT2D eigenvalue weighted by Gasteiger charge is -2.31. The van der Waals surface area contributed by atoms with Gasteiger partial charge in [0.15, 0.2) is 34.6 Å². The maximum absolute atomic E-state index is 14.8. The van der Waals surface area contributed by atoms with Crippen molar-refractivity contribution in [1.82, 2.24) is 0 Å². The van der Waals surface area contributed by atoms with Gasteiger partial charge in [0.1, 0.15) is 0 Å². The molecule has 11 heteroatoms. The van der Waals surface area contributed by atoms with Crippen LogP contribution in [-0.2, 0) is 0 Å². The molecular formula is C20H8F6O5. The number of carboxylic acids is 1. The molecule has 1 aliphatic rings. The van der Waals surface area contributed by atoms with E-state index in [-0.39, 0.29) is 0 Å². The fraction of sp³-hybridized carbons (Fsp3) is 0.0500. The minimum Gasteiger partial charge on any atom is -0.503 e. The van der Waals surface area contributed by atoms with Crippen LogP contribution in [0.15, 0.2) is 24.3 Å². The molecule has 0 amide bonds. The number of aromatic carboxylic acids is 1. The average molecular weight is 442 g/mol. The molecule has 0 aromatic heterocycles. The van der Waals surface area contributed by atoms with Gasteiger partial charge in [-0.3, -0.25) is 0 Å². The summed E-state index contributed by atoms with van der Waals surface area (Å²) in [6.07, 6.45) is 0. The molecule has 0 bridgehead atoms. The van der Waals surface area contributed by atoms with Gasteiger partial charge in [-0.15, -0.1) is 0 Å². The number of phenolic OH excluding ortho intramolecular Hbond substituents is 2. The van der Waals surface area contributed by atoms with Gasteiger partial charge in [-0.2, -0.15) is 17.6 Å². The Bertz CT molecular complexity index is 1220. The molecule has 5 nitrogen and oxygen atoms in total. The van der Waals surface area contributed by atoms with Crippen molar-refractivity contribution in [2.24, 2.45) is 0 Å². The fourth-order valence-electron chi connectivity index (χ4n) is 3.50. The van der Waals surface area contributed by atoms with Crippen molar-refractivity contribution in [1.29, 1.82) is 0 Å². The molecule has 3 aromatic rings. The Morgan fingerprint density at radius 3 is 1.65 bits per heavy atom. The van der Waals surface area contributed by atoms with E-state index in [0.29, 0.717) is 0 Å². The zero-order chi connectivity index (χ0) is 22.8. The number of carboxylic acid groups (broad SMARTS) is 1. The van der Waals surface area contributed by atoms with Crippen LogP contribution in [0.1, 0.15) is 33.0 Å². The highest BCUT2D eigenvalue weighted by molar-refractivity contribution is 5.90. The summed E-state index contributed by atoms with van der Waals surface area (Å²) in [4.78, 5) is 11.6. The highest BCUT2D eigenvalue weighted by Gasteiger charge is 2.43. The third-order valence-corrected chi connectivity index (χ3v) is 4.86. The minimum absolute atomic E-state index is 0.493. The van der Waals surface area contributed by atoms with E-state index in [1.807, 2.05) is 0 Å². The second-order valence-electron chi connectivity index (χ2n) is 6.49. The Hall–Kier alpha value is -3.89. The monoisotopic (exact) mass is 442 g/mol. The van der Waals surface area contributed by atoms with E-state index in [2.05, 4.69) is 0 Å². The lowest BCUT2D eigenvalue weighted by molar-refractivity contribution is 0.0695. The summed E-state index contributed by atoms with van der Waals surface area (Å²) in [6.45, 7) is 0. The van der Waals surface area contributed by atoms with Crippen LogP contribution in [0.25, 0.3) is 0 Å². The molecule has 31 heavy (non-hydrogen) atoms. The lowest BCUT2D eigenvalue weighted by atomic mass is 9.79. The first-order valence-corrected chi connectivity index (χ1v) is 8.36. The Balaban J connectivity index is 2.22. The van der Waals surface area contributed by atoms with Crippen molar-refractivity contribution in [3.8, 4) is 23.0 Å². The van der Waals surface area contributed by atoms with E-state index in [4.69, 9.17) is 4.74 Å². The Morgan fingerprint density at radius 2 is 1.19 bits per heavy atom. The normalized spacial score (nSPS) is 12.8. The van der Waals surface area contributed by atoms with Crippen LogP contribution in [0.5, 0.6) is 23.0 Å². The van der Waals surface area contributed by atoms with Crippen molar-refractivity contribution >= 4 is 5.97 Å². The number of aromatic hydroxyl groups is 2. The second-order valence-corrected chi connectivity index (χ2v) is 6.49. The molecule has 0 spiro atoms. The Morgan fingerprint density at radius 1 is 0.742 bits per heavy atom. The zero-order valence-electron chi connectivity index (χ0n) is 14.8. The minimum atomic E-state index is -2.12. The summed E-state index contributed by atoms with van der Waals surface area (Å²) in [5, 5.41) is 28.4. The number of halogens is 6. The van der Waals surface area contributed by atoms with Gasteiger partial charge >= 0.3 is 5.97 Å². The topological polar surface area (TPSA) is 87.0 Å². The molecule has 0 saturated carbocycles. The van der Waals surface area contributed by atoms with Gasteiger partial charge in [0.05, 0.1) is 5.56 Å². The first-order chi connectivity index (χ1) is 14.6. The standard InChI is InChI=1S/C20H8F6O5/c21-10-8-7(5-3-1-2-4-6(5)20(29)30)9-11(22)13(24)17(28)15(26)19(9)31-18(8)14(25)16(27)12(10)23/h1-4,7,27-28H,(H,29,30). The van der Waals surface area contributed by atoms with Gasteiger partial charge in [-0.1, -0.05) is 18.2 Å². The highest BCUT2D eigenvalue weighted by Crippen LogP contribution is 2.55. The number of fused-ring (bicyclic) bond motifs is 2. The molecule has 1 heterocycles. The average Bonchev–Trinajstić information content (AvgIpc) is 2.77. The van der Waals surface area contributed by atoms with E-state index in [1.165, 1.54) is 12.1 Å². The summed E-state index contributed by atoms with van der Waals surface area (Å²) in [5.41, 5.74) is -3.38. The SMILES string of the molecule is O=C(O)c1ccccc1C1c2c(F)c(F)c(O)c(F)c2Oc2c(F)c(O)c(F)c(F)c21. The predicted molar refractivity (Wildman–Crippen MR) is 90.4 cm³/mol. The van der Waals surface area contributed by atoms with Crippen molar-refractivity contribution in [2.75, 3.05) is 0 Å². The number of hydrogen-bond donors (Lipinski definition) is 3. The van der Waals surface area contributed by atoms with Gasteiger partial charge in [-0.05, 0) is 11.6 Å². The summed E-state index contributed by atoms with van der Waals surface area (Å²) in [5.74, 6) is -21.9. The predicted octanol–water partition coefficient (Wildman–Crippen LogP) is 4.92. The van der Waals surface area contributed by atoms with Crippen LogP contribution in [0.4, 0.5) is 26.3 Å². The van der Waals surface area contributed by atoms with E-state index in [9.17, 15) is 46.5 Å². The maximum atomic E-state index is 14.8. The van der Waals surface area contributed by atoms with Crippen molar-refractivity contribution in [2.45, 2.75) is 5.92 Å². The molecule has 0 aliphatic carbocycles. The first kappa shape index (κ1) is 20.4. The van der Waals surface area contributed by atoms with Crippen LogP contribution < -0.4 is 4.74 Å². The van der Waals surface area contributed by atoms with Gasteiger partial charge in [0.25, 0.3) is 0 Å². The Labute approximate surface area is 168 Å². The molecule has 0 radical (unpaired) electrons. The first-order valence-electron chi connectivity index (χ1n) is 8.36. The molecular weight excluding hydrogens is 434 g/mol. The molecule has 160 valence electrons. The van der Waals surface area contributed by atoms with Gasteiger partial charge in [0.2, 0.25) is 23.3 Å². The molecule has 0 unspecified atom stereocenters. The van der Waals surface area contributed by atoms with Crippen LogP contribution in [0.3, 0.4) is 0 Å². The van der Waals surface area contributed by atoms with Crippen LogP contribution in [-0.4, -0.2) is 21.3 Å². The van der Waals surface area contributed by atoms with E-state index in [1.54, 1.807) is 0 Å². The largest absolute Gasteiger partial charge is 0.503 e. The van der Waals surface area contributed by atoms with Crippen molar-refractivity contribution < 1.29 is 51.2 Å². The van der Waals surface area contributed by atoms with Crippen molar-refractivity contribution in [3.05, 3.63) is 81.4 Å². The summed E-state index contributed by atoms with van der Waals surface area (Å²) < 4.78 is 91.7. The van der Waals surface area contributed by atoms with Gasteiger partial charge < -0.3 is 20.1 Å². The molecule has 0 fully saturated rings. The third kappa shape index (κ3) is 2.69. The molecule has 3 aromatic carbocycles. The Kier molecular flexibility index (Phi) is 4.49. The molecule has 3 N–H and O–H groups in total. The number of benzene rings is 3. The van der Waals surface area contributed by atoms with Crippen LogP contribution in [0, 0.1) is 34.9 Å². The fourth-order valence-corrected chi connectivity index (χ4v) is 3.50. The number of carbonyl (C=O) groups is 1. The molecule has 4 rings (SSSR count). The third-order valence-electron chi connectivity index (χ3n) is 4.86. The van der Waals surface area contributed by atoms with Crippen LogP contribution >= 0.6 is 0 Å². The van der Waals surface area contributed by atoms with Crippen LogP contribution in [0.2, 0.25) is 0 Å². The van der Waals surface area contributed by atoms with E-state index in [0.717, 1.165) is 12.1 Å². The molecule has 0 saturated heterocycles. The second kappa shape index (κ2) is 6.83. The summed E-state index contributed by atoms with van der Waals surface area (Å²) >= 11 is 0. The molecule has 0 atom stereocenters. The summed E-state index contributed by atoms with van der Waals surface area (Å²) in [7, 11) is 0. The smallest absolute Gasteiger partial charge is 0.335 e. The quantitative estimate of drug-likeness (QED) is 0.303. The number of rotatable bonds is 2. The lowest BCUT2D eigenvalue weighted by Crippen LogP contribution is -2.21. The van der Waals surface area contributed by atoms with Gasteiger partial charge in [-0.25, -0.2) is 13.6 Å². The zero-order valence-corrected chi connectivity index (χ0v) is 14.8. The number of hydrogen-bond acceptors (Lipinski definition) is 4.